The number of carbonyl (C=O) groups is 1. The molecule has 0 aliphatic carbocycles. The monoisotopic (exact) mass is 318 g/mol. The van der Waals surface area contributed by atoms with Crippen LogP contribution in [0.3, 0.4) is 0 Å². The Hall–Kier alpha value is -3.11. The Morgan fingerprint density at radius 3 is 2.73 bits per heavy atom. The van der Waals surface area contributed by atoms with E-state index in [4.69, 9.17) is 26.4 Å². The van der Waals surface area contributed by atoms with Crippen LogP contribution < -0.4 is 0 Å². The lowest BCUT2D eigenvalue weighted by atomic mass is 10.1. The number of non-ortho nitro benzene ring substituents is 1. The van der Waals surface area contributed by atoms with Crippen LogP contribution in [0.2, 0.25) is 5.02 Å². The first-order valence-corrected chi connectivity index (χ1v) is 6.19. The maximum atomic E-state index is 10.8. The maximum Gasteiger partial charge on any atom is 0.346 e. The zero-order chi connectivity index (χ0) is 16.3. The molecule has 2 rings (SSSR count). The highest BCUT2D eigenvalue weighted by Crippen LogP contribution is 2.32. The minimum Gasteiger partial charge on any atom is -0.477 e. The van der Waals surface area contributed by atoms with E-state index in [-0.39, 0.29) is 22.2 Å². The number of rotatable bonds is 4. The molecular weight excluding hydrogens is 312 g/mol. The van der Waals surface area contributed by atoms with E-state index in [1.54, 1.807) is 0 Å². The summed E-state index contributed by atoms with van der Waals surface area (Å²) in [7, 11) is 0. The summed E-state index contributed by atoms with van der Waals surface area (Å²) in [5.74, 6) is -1.03. The van der Waals surface area contributed by atoms with Crippen molar-refractivity contribution < 1.29 is 19.2 Å². The van der Waals surface area contributed by atoms with Crippen LogP contribution in [0.4, 0.5) is 5.69 Å². The molecule has 22 heavy (non-hydrogen) atoms. The van der Waals surface area contributed by atoms with Crippen LogP contribution in [0.5, 0.6) is 0 Å². The topological polar surface area (TPSA) is 117 Å². The van der Waals surface area contributed by atoms with E-state index in [1.807, 2.05) is 0 Å². The molecule has 0 atom stereocenters. The molecule has 0 radical (unpaired) electrons. The molecule has 110 valence electrons. The Bertz CT molecular complexity index is 832. The number of furan rings is 1. The molecule has 0 saturated carbocycles. The van der Waals surface area contributed by atoms with Crippen molar-refractivity contribution in [2.24, 2.45) is 0 Å². The predicted octanol–water partition coefficient (Wildman–Crippen LogP) is 3.50. The molecule has 0 aliphatic heterocycles. The second-order valence-corrected chi connectivity index (χ2v) is 4.51. The van der Waals surface area contributed by atoms with E-state index >= 15 is 0 Å². The Balaban J connectivity index is 2.45. The minimum atomic E-state index is -1.38. The van der Waals surface area contributed by atoms with E-state index in [9.17, 15) is 14.9 Å². The first kappa shape index (κ1) is 15.3. The third kappa shape index (κ3) is 3.13. The normalized spacial score (nSPS) is 11.0. The average Bonchev–Trinajstić information content (AvgIpc) is 2.93. The van der Waals surface area contributed by atoms with E-state index in [1.165, 1.54) is 36.4 Å². The number of halogens is 1. The van der Waals surface area contributed by atoms with Crippen molar-refractivity contribution in [3.05, 3.63) is 56.8 Å². The van der Waals surface area contributed by atoms with Gasteiger partial charge in [-0.25, -0.2) is 4.79 Å². The van der Waals surface area contributed by atoms with Gasteiger partial charge in [0.15, 0.2) is 0 Å². The highest BCUT2D eigenvalue weighted by molar-refractivity contribution is 6.33. The van der Waals surface area contributed by atoms with Crippen molar-refractivity contribution in [2.45, 2.75) is 0 Å². The van der Waals surface area contributed by atoms with E-state index in [0.717, 1.165) is 6.08 Å². The number of benzene rings is 1. The number of nitro groups is 1. The molecule has 0 saturated heterocycles. The third-order valence-corrected chi connectivity index (χ3v) is 3.02. The van der Waals surface area contributed by atoms with Gasteiger partial charge in [-0.2, -0.15) is 5.26 Å². The quantitative estimate of drug-likeness (QED) is 0.399. The minimum absolute atomic E-state index is 0.122. The van der Waals surface area contributed by atoms with E-state index < -0.39 is 16.5 Å². The molecule has 1 aromatic heterocycles. The van der Waals surface area contributed by atoms with Gasteiger partial charge in [0, 0.05) is 23.8 Å². The number of nitro benzene ring substituents is 1. The molecule has 0 fully saturated rings. The fourth-order valence-corrected chi connectivity index (χ4v) is 1.89. The van der Waals surface area contributed by atoms with Gasteiger partial charge in [-0.05, 0) is 18.2 Å². The van der Waals surface area contributed by atoms with Crippen molar-refractivity contribution in [3.8, 4) is 17.4 Å². The number of aliphatic carboxylic acids is 1. The second-order valence-electron chi connectivity index (χ2n) is 4.10. The molecule has 8 heteroatoms. The van der Waals surface area contributed by atoms with E-state index in [0.29, 0.717) is 5.56 Å². The number of hydrogen-bond acceptors (Lipinski definition) is 5. The van der Waals surface area contributed by atoms with Crippen LogP contribution in [0.25, 0.3) is 17.4 Å². The van der Waals surface area contributed by atoms with Gasteiger partial charge < -0.3 is 9.52 Å². The average molecular weight is 319 g/mol. The van der Waals surface area contributed by atoms with Gasteiger partial charge in [-0.15, -0.1) is 0 Å². The lowest BCUT2D eigenvalue weighted by molar-refractivity contribution is -0.384. The summed E-state index contributed by atoms with van der Waals surface area (Å²) in [4.78, 5) is 21.0. The maximum absolute atomic E-state index is 10.8. The van der Waals surface area contributed by atoms with Crippen molar-refractivity contribution in [1.29, 1.82) is 5.26 Å². The van der Waals surface area contributed by atoms with Crippen LogP contribution >= 0.6 is 11.6 Å². The summed E-state index contributed by atoms with van der Waals surface area (Å²) in [6.07, 6.45) is 1.05. The van der Waals surface area contributed by atoms with Crippen LogP contribution in [-0.2, 0) is 4.79 Å². The van der Waals surface area contributed by atoms with Crippen molar-refractivity contribution in [1.82, 2.24) is 0 Å². The van der Waals surface area contributed by atoms with Gasteiger partial charge in [0.25, 0.3) is 5.69 Å². The van der Waals surface area contributed by atoms with Gasteiger partial charge in [0.05, 0.1) is 9.95 Å². The Kier molecular flexibility index (Phi) is 4.25. The van der Waals surface area contributed by atoms with Gasteiger partial charge >= 0.3 is 5.97 Å². The highest BCUT2D eigenvalue weighted by Gasteiger charge is 2.15. The molecule has 0 aliphatic rings. The molecule has 0 bridgehead atoms. The Morgan fingerprint density at radius 1 is 1.41 bits per heavy atom. The first-order valence-electron chi connectivity index (χ1n) is 5.81. The zero-order valence-electron chi connectivity index (χ0n) is 10.8. The molecular formula is C14H7ClN2O5. The molecule has 2 aromatic rings. The fourth-order valence-electron chi connectivity index (χ4n) is 1.67. The lowest BCUT2D eigenvalue weighted by Crippen LogP contribution is -1.96. The highest BCUT2D eigenvalue weighted by atomic mass is 35.5. The fraction of sp³-hybridized carbons (Fsp3) is 0. The van der Waals surface area contributed by atoms with Crippen LogP contribution in [-0.4, -0.2) is 16.0 Å². The van der Waals surface area contributed by atoms with Crippen molar-refractivity contribution >= 4 is 29.3 Å². The molecule has 7 nitrogen and oxygen atoms in total. The van der Waals surface area contributed by atoms with Gasteiger partial charge in [0.1, 0.15) is 23.2 Å². The lowest BCUT2D eigenvalue weighted by Gasteiger charge is -2.00. The predicted molar refractivity (Wildman–Crippen MR) is 77.0 cm³/mol. The van der Waals surface area contributed by atoms with Crippen LogP contribution in [0.15, 0.2) is 40.3 Å². The van der Waals surface area contributed by atoms with Crippen molar-refractivity contribution in [2.75, 3.05) is 0 Å². The number of nitriles is 1. The molecule has 1 aromatic carbocycles. The SMILES string of the molecule is N#C/C(=C\c1ccc(-c2cc([N+](=O)[O-])ccc2Cl)o1)C(=O)O. The number of carboxylic acid groups (broad SMARTS) is 1. The molecule has 1 heterocycles. The standard InChI is InChI=1S/C14H7ClN2O5/c15-12-3-1-9(17(20)21)6-11(12)13-4-2-10(22-13)5-8(7-16)14(18)19/h1-6H,(H,18,19)/b8-5+. The number of carboxylic acids is 1. The summed E-state index contributed by atoms with van der Waals surface area (Å²) in [6.45, 7) is 0. The zero-order valence-corrected chi connectivity index (χ0v) is 11.6. The smallest absolute Gasteiger partial charge is 0.346 e. The largest absolute Gasteiger partial charge is 0.477 e. The molecule has 0 amide bonds. The van der Waals surface area contributed by atoms with Crippen LogP contribution in [0, 0.1) is 21.4 Å². The molecule has 0 unspecified atom stereocenters. The van der Waals surface area contributed by atoms with Gasteiger partial charge in [-0.1, -0.05) is 11.6 Å². The second kappa shape index (κ2) is 6.11. The van der Waals surface area contributed by atoms with Gasteiger partial charge in [0.2, 0.25) is 0 Å². The summed E-state index contributed by atoms with van der Waals surface area (Å²) < 4.78 is 5.37. The Labute approximate surface area is 128 Å². The van der Waals surface area contributed by atoms with E-state index in [2.05, 4.69) is 0 Å². The summed E-state index contributed by atoms with van der Waals surface area (Å²) in [5.41, 5.74) is -0.355. The van der Waals surface area contributed by atoms with Crippen LogP contribution in [0.1, 0.15) is 5.76 Å². The number of nitrogens with zero attached hydrogens (tertiary/aromatic N) is 2. The Morgan fingerprint density at radius 2 is 2.14 bits per heavy atom. The summed E-state index contributed by atoms with van der Waals surface area (Å²) in [6, 6.07) is 8.31. The third-order valence-electron chi connectivity index (χ3n) is 2.69. The van der Waals surface area contributed by atoms with Gasteiger partial charge in [-0.3, -0.25) is 10.1 Å². The molecule has 0 spiro atoms. The first-order chi connectivity index (χ1) is 10.4. The van der Waals surface area contributed by atoms with Crippen molar-refractivity contribution in [3.63, 3.8) is 0 Å². The summed E-state index contributed by atoms with van der Waals surface area (Å²) >= 11 is 5.98. The number of hydrogen-bond donors (Lipinski definition) is 1. The summed E-state index contributed by atoms with van der Waals surface area (Å²) in [5, 5.41) is 28.5. The molecule has 1 N–H and O–H groups in total.